The second-order valence-electron chi connectivity index (χ2n) is 6.02. The van der Waals surface area contributed by atoms with Gasteiger partial charge >= 0.3 is 5.97 Å². The number of hydrogen-bond acceptors (Lipinski definition) is 5. The Bertz CT molecular complexity index is 542. The summed E-state index contributed by atoms with van der Waals surface area (Å²) in [6, 6.07) is 5.88. The number of hydrogen-bond donors (Lipinski definition) is 1. The molecular formula is C17H22O5. The highest BCUT2D eigenvalue weighted by molar-refractivity contribution is 5.70. The number of esters is 1. The lowest BCUT2D eigenvalue weighted by atomic mass is 9.87. The van der Waals surface area contributed by atoms with Crippen LogP contribution in [0.1, 0.15) is 43.6 Å². The Morgan fingerprint density at radius 2 is 2.23 bits per heavy atom. The van der Waals surface area contributed by atoms with Gasteiger partial charge in [0.15, 0.2) is 0 Å². The van der Waals surface area contributed by atoms with Crippen molar-refractivity contribution in [3.05, 3.63) is 23.8 Å². The van der Waals surface area contributed by atoms with Crippen LogP contribution in [0.4, 0.5) is 0 Å². The fourth-order valence-electron chi connectivity index (χ4n) is 3.30. The summed E-state index contributed by atoms with van der Waals surface area (Å²) in [6.45, 7) is 0.705. The minimum atomic E-state index is -0.562. The van der Waals surface area contributed by atoms with E-state index in [9.17, 15) is 9.90 Å². The van der Waals surface area contributed by atoms with Crippen LogP contribution < -0.4 is 9.47 Å². The van der Waals surface area contributed by atoms with E-state index in [-0.39, 0.29) is 18.5 Å². The molecule has 1 N–H and O–H groups in total. The number of methoxy groups -OCH3 is 1. The fraction of sp³-hybridized carbons (Fsp3) is 0.588. The molecule has 2 aliphatic rings. The van der Waals surface area contributed by atoms with Gasteiger partial charge in [-0.25, -0.2) is 0 Å². The van der Waals surface area contributed by atoms with E-state index < -0.39 is 6.10 Å². The molecule has 0 saturated carbocycles. The van der Waals surface area contributed by atoms with Crippen molar-refractivity contribution in [2.24, 2.45) is 0 Å². The molecule has 0 radical (unpaired) electrons. The molecule has 1 unspecified atom stereocenters. The summed E-state index contributed by atoms with van der Waals surface area (Å²) < 4.78 is 16.3. The molecule has 5 heteroatoms. The summed E-state index contributed by atoms with van der Waals surface area (Å²) in [6.07, 6.45) is 2.55. The van der Waals surface area contributed by atoms with Gasteiger partial charge in [0, 0.05) is 12.0 Å². The molecule has 0 amide bonds. The van der Waals surface area contributed by atoms with Crippen molar-refractivity contribution in [1.82, 2.24) is 0 Å². The quantitative estimate of drug-likeness (QED) is 0.865. The molecule has 0 aromatic heterocycles. The van der Waals surface area contributed by atoms with E-state index >= 15 is 0 Å². The lowest BCUT2D eigenvalue weighted by molar-refractivity contribution is -0.160. The monoisotopic (exact) mass is 306 g/mol. The van der Waals surface area contributed by atoms with Crippen LogP contribution >= 0.6 is 0 Å². The molecule has 2 aliphatic heterocycles. The van der Waals surface area contributed by atoms with Gasteiger partial charge < -0.3 is 19.3 Å². The van der Waals surface area contributed by atoms with Crippen molar-refractivity contribution in [1.29, 1.82) is 0 Å². The summed E-state index contributed by atoms with van der Waals surface area (Å²) in [5.74, 6) is 1.82. The minimum absolute atomic E-state index is 0.119. The first-order chi connectivity index (χ1) is 10.7. The van der Waals surface area contributed by atoms with Crippen molar-refractivity contribution >= 4 is 5.97 Å². The molecule has 3 rings (SSSR count). The van der Waals surface area contributed by atoms with Crippen LogP contribution in [-0.4, -0.2) is 37.0 Å². The molecule has 22 heavy (non-hydrogen) atoms. The van der Waals surface area contributed by atoms with Crippen LogP contribution in [0.2, 0.25) is 0 Å². The summed E-state index contributed by atoms with van der Waals surface area (Å²) in [4.78, 5) is 11.4. The molecule has 120 valence electrons. The van der Waals surface area contributed by atoms with E-state index in [2.05, 4.69) is 0 Å². The average Bonchev–Trinajstić information content (AvgIpc) is 2.51. The zero-order valence-corrected chi connectivity index (χ0v) is 12.8. The zero-order valence-electron chi connectivity index (χ0n) is 12.8. The molecule has 0 aliphatic carbocycles. The van der Waals surface area contributed by atoms with Gasteiger partial charge in [-0.2, -0.15) is 0 Å². The van der Waals surface area contributed by atoms with Crippen LogP contribution in [0.3, 0.4) is 0 Å². The van der Waals surface area contributed by atoms with Gasteiger partial charge in [0.2, 0.25) is 0 Å². The third-order valence-corrected chi connectivity index (χ3v) is 4.45. The highest BCUT2D eigenvalue weighted by Gasteiger charge is 2.29. The second-order valence-corrected chi connectivity index (χ2v) is 6.02. The van der Waals surface area contributed by atoms with Crippen molar-refractivity contribution in [3.63, 3.8) is 0 Å². The van der Waals surface area contributed by atoms with Crippen LogP contribution in [0, 0.1) is 0 Å². The van der Waals surface area contributed by atoms with Crippen LogP contribution in [0.5, 0.6) is 11.5 Å². The van der Waals surface area contributed by atoms with Gasteiger partial charge in [-0.15, -0.1) is 0 Å². The highest BCUT2D eigenvalue weighted by atomic mass is 16.5. The maximum absolute atomic E-state index is 11.4. The van der Waals surface area contributed by atoms with E-state index in [1.165, 1.54) is 0 Å². The van der Waals surface area contributed by atoms with E-state index in [1.807, 2.05) is 18.2 Å². The maximum Gasteiger partial charge on any atom is 0.308 e. The van der Waals surface area contributed by atoms with Crippen molar-refractivity contribution in [2.75, 3.05) is 13.7 Å². The molecule has 5 nitrogen and oxygen atoms in total. The molecular weight excluding hydrogens is 284 g/mol. The lowest BCUT2D eigenvalue weighted by Crippen LogP contribution is -2.32. The first-order valence-corrected chi connectivity index (χ1v) is 7.84. The molecule has 1 aromatic rings. The summed E-state index contributed by atoms with van der Waals surface area (Å²) in [5, 5.41) is 9.68. The molecule has 1 fully saturated rings. The SMILES string of the molecule is COc1ccc2c(c1)C(CC[C@H]1C[C@@H](O)CC(=O)O1)CCO2. The number of benzene rings is 1. The van der Waals surface area contributed by atoms with Crippen molar-refractivity contribution < 1.29 is 24.1 Å². The number of carbonyl (C=O) groups excluding carboxylic acids is 1. The van der Waals surface area contributed by atoms with Gasteiger partial charge in [0.05, 0.1) is 26.2 Å². The number of aliphatic hydroxyl groups is 1. The molecule has 2 heterocycles. The third kappa shape index (κ3) is 3.35. The topological polar surface area (TPSA) is 65.0 Å². The Labute approximate surface area is 130 Å². The smallest absolute Gasteiger partial charge is 0.308 e. The first-order valence-electron chi connectivity index (χ1n) is 7.84. The Morgan fingerprint density at radius 3 is 3.00 bits per heavy atom. The number of aliphatic hydroxyl groups excluding tert-OH is 1. The number of ether oxygens (including phenoxy) is 3. The van der Waals surface area contributed by atoms with Gasteiger partial charge in [0.25, 0.3) is 0 Å². The Kier molecular flexibility index (Phi) is 4.52. The van der Waals surface area contributed by atoms with Crippen molar-refractivity contribution in [3.8, 4) is 11.5 Å². The van der Waals surface area contributed by atoms with Crippen LogP contribution in [0.15, 0.2) is 18.2 Å². The fourth-order valence-corrected chi connectivity index (χ4v) is 3.30. The zero-order chi connectivity index (χ0) is 15.5. The Balaban J connectivity index is 1.65. The van der Waals surface area contributed by atoms with E-state index in [1.54, 1.807) is 7.11 Å². The first kappa shape index (κ1) is 15.2. The summed E-state index contributed by atoms with van der Waals surface area (Å²) in [7, 11) is 1.66. The van der Waals surface area contributed by atoms with Gasteiger partial charge in [-0.3, -0.25) is 4.79 Å². The standard InChI is InChI=1S/C17H22O5/c1-20-13-4-5-16-15(10-13)11(6-7-21-16)2-3-14-8-12(18)9-17(19)22-14/h4-5,10-12,14,18H,2-3,6-9H2,1H3/t11?,12-,14+/m1/s1. The Morgan fingerprint density at radius 1 is 1.36 bits per heavy atom. The molecule has 0 bridgehead atoms. The molecule has 0 spiro atoms. The Hall–Kier alpha value is -1.75. The number of cyclic esters (lactones) is 1. The van der Waals surface area contributed by atoms with E-state index in [4.69, 9.17) is 14.2 Å². The van der Waals surface area contributed by atoms with Crippen LogP contribution in [-0.2, 0) is 9.53 Å². The minimum Gasteiger partial charge on any atom is -0.497 e. The third-order valence-electron chi connectivity index (χ3n) is 4.45. The van der Waals surface area contributed by atoms with Crippen molar-refractivity contribution in [2.45, 2.75) is 50.2 Å². The van der Waals surface area contributed by atoms with Gasteiger partial charge in [-0.05, 0) is 43.4 Å². The predicted octanol–water partition coefficient (Wildman–Crippen LogP) is 2.41. The summed E-state index contributed by atoms with van der Waals surface area (Å²) in [5.41, 5.74) is 1.16. The van der Waals surface area contributed by atoms with Gasteiger partial charge in [-0.1, -0.05) is 0 Å². The number of fused-ring (bicyclic) bond motifs is 1. The molecule has 1 aromatic carbocycles. The summed E-state index contributed by atoms with van der Waals surface area (Å²) >= 11 is 0. The largest absolute Gasteiger partial charge is 0.497 e. The maximum atomic E-state index is 11.4. The highest BCUT2D eigenvalue weighted by Crippen LogP contribution is 2.39. The number of carbonyl (C=O) groups is 1. The van der Waals surface area contributed by atoms with Gasteiger partial charge in [0.1, 0.15) is 17.6 Å². The average molecular weight is 306 g/mol. The second kappa shape index (κ2) is 6.57. The lowest BCUT2D eigenvalue weighted by Gasteiger charge is -2.30. The normalized spacial score (nSPS) is 27.5. The molecule has 3 atom stereocenters. The predicted molar refractivity (Wildman–Crippen MR) is 80.2 cm³/mol. The van der Waals surface area contributed by atoms with Crippen LogP contribution in [0.25, 0.3) is 0 Å². The van der Waals surface area contributed by atoms with E-state index in [0.717, 1.165) is 36.3 Å². The number of rotatable bonds is 4. The molecule has 1 saturated heterocycles. The van der Waals surface area contributed by atoms with E-state index in [0.29, 0.717) is 18.9 Å².